The van der Waals surface area contributed by atoms with Crippen molar-refractivity contribution in [2.45, 2.75) is 27.2 Å². The summed E-state index contributed by atoms with van der Waals surface area (Å²) in [5, 5.41) is 1.28. The van der Waals surface area contributed by atoms with Crippen molar-refractivity contribution in [2.24, 2.45) is 11.8 Å². The van der Waals surface area contributed by atoms with Gasteiger partial charge in [0.05, 0.1) is 10.9 Å². The average molecular weight is 378 g/mol. The van der Waals surface area contributed by atoms with Crippen LogP contribution in [0.2, 0.25) is 5.02 Å². The zero-order valence-corrected chi connectivity index (χ0v) is 16.1. The first-order valence-electron chi connectivity index (χ1n) is 9.07. The molecule has 2 unspecified atom stereocenters. The van der Waals surface area contributed by atoms with Gasteiger partial charge in [-0.2, -0.15) is 0 Å². The van der Waals surface area contributed by atoms with E-state index in [4.69, 9.17) is 20.8 Å². The summed E-state index contributed by atoms with van der Waals surface area (Å²) in [6, 6.07) is 5.21. The molecule has 2 aromatic rings. The molecule has 0 saturated heterocycles. The van der Waals surface area contributed by atoms with Crippen LogP contribution in [0.3, 0.4) is 0 Å². The Balaban J connectivity index is 1.59. The molecule has 2 atom stereocenters. The number of ketones is 1. The second kappa shape index (κ2) is 7.80. The molecule has 1 saturated carbocycles. The number of aryl methyl sites for hydroxylation is 1. The fourth-order valence-corrected chi connectivity index (χ4v) is 3.51. The Morgan fingerprint density at radius 3 is 2.65 bits per heavy atom. The smallest absolute Gasteiger partial charge is 0.309 e. The van der Waals surface area contributed by atoms with Gasteiger partial charge in [-0.15, -0.1) is 0 Å². The number of esters is 1. The molecule has 6 heteroatoms. The number of halogens is 1. The van der Waals surface area contributed by atoms with Crippen molar-refractivity contribution >= 4 is 34.3 Å². The first kappa shape index (κ1) is 18.9. The number of carbonyl (C=O) groups excluding carboxylic acids is 2. The minimum absolute atomic E-state index is 0.0754. The van der Waals surface area contributed by atoms with E-state index in [0.29, 0.717) is 35.7 Å². The molecule has 140 valence electrons. The van der Waals surface area contributed by atoms with E-state index < -0.39 is 0 Å². The van der Waals surface area contributed by atoms with Crippen LogP contribution in [0, 0.1) is 18.8 Å². The van der Waals surface area contributed by atoms with Crippen molar-refractivity contribution < 1.29 is 18.7 Å². The maximum Gasteiger partial charge on any atom is 0.309 e. The van der Waals surface area contributed by atoms with Crippen molar-refractivity contribution in [3.05, 3.63) is 34.5 Å². The summed E-state index contributed by atoms with van der Waals surface area (Å²) in [6.45, 7) is 8.91. The van der Waals surface area contributed by atoms with E-state index in [1.807, 2.05) is 13.0 Å². The Bertz CT molecular complexity index is 825. The summed E-state index contributed by atoms with van der Waals surface area (Å²) in [5.74, 6) is -0.273. The lowest BCUT2D eigenvalue weighted by Gasteiger charge is -2.17. The van der Waals surface area contributed by atoms with Crippen LogP contribution in [0.25, 0.3) is 11.0 Å². The van der Waals surface area contributed by atoms with Gasteiger partial charge in [0.2, 0.25) is 0 Å². The highest BCUT2D eigenvalue weighted by Crippen LogP contribution is 2.42. The Kier molecular flexibility index (Phi) is 5.68. The van der Waals surface area contributed by atoms with Gasteiger partial charge in [-0.1, -0.05) is 25.4 Å². The second-order valence-corrected chi connectivity index (χ2v) is 7.14. The number of carbonyl (C=O) groups is 2. The molecular formula is C20H24ClNO4. The SMILES string of the molecule is CCN(CC)CCOC(=O)C1CC1C(=O)c1cc(Cl)c2cc(C)oc2c1. The van der Waals surface area contributed by atoms with Gasteiger partial charge >= 0.3 is 5.97 Å². The number of hydrogen-bond acceptors (Lipinski definition) is 5. The second-order valence-electron chi connectivity index (χ2n) is 6.73. The summed E-state index contributed by atoms with van der Waals surface area (Å²) in [4.78, 5) is 27.0. The van der Waals surface area contributed by atoms with E-state index in [1.165, 1.54) is 0 Å². The Morgan fingerprint density at radius 2 is 1.96 bits per heavy atom. The van der Waals surface area contributed by atoms with Gasteiger partial charge in [-0.05, 0) is 44.6 Å². The summed E-state index contributed by atoms with van der Waals surface area (Å²) < 4.78 is 10.9. The quantitative estimate of drug-likeness (QED) is 0.512. The number of likely N-dealkylation sites (N-methyl/N-ethyl adjacent to an activating group) is 1. The molecule has 1 aromatic heterocycles. The van der Waals surface area contributed by atoms with E-state index in [-0.39, 0.29) is 23.6 Å². The van der Waals surface area contributed by atoms with Crippen LogP contribution in [0.15, 0.2) is 22.6 Å². The molecule has 1 aliphatic carbocycles. The lowest BCUT2D eigenvalue weighted by molar-refractivity contribution is -0.145. The number of furan rings is 1. The minimum atomic E-state index is -0.341. The van der Waals surface area contributed by atoms with E-state index in [2.05, 4.69) is 18.7 Å². The minimum Gasteiger partial charge on any atom is -0.464 e. The van der Waals surface area contributed by atoms with Crippen molar-refractivity contribution in [2.75, 3.05) is 26.2 Å². The number of nitrogens with zero attached hydrogens (tertiary/aromatic N) is 1. The van der Waals surface area contributed by atoms with Gasteiger partial charge in [0.25, 0.3) is 0 Å². The average Bonchev–Trinajstić information content (AvgIpc) is 3.33. The number of rotatable bonds is 8. The molecule has 0 radical (unpaired) electrons. The molecular weight excluding hydrogens is 354 g/mol. The van der Waals surface area contributed by atoms with Gasteiger partial charge in [0.15, 0.2) is 5.78 Å². The van der Waals surface area contributed by atoms with E-state index in [0.717, 1.165) is 24.2 Å². The summed E-state index contributed by atoms with van der Waals surface area (Å²) in [7, 11) is 0. The van der Waals surface area contributed by atoms with Crippen LogP contribution in [0.1, 0.15) is 36.4 Å². The largest absolute Gasteiger partial charge is 0.464 e. The van der Waals surface area contributed by atoms with Gasteiger partial charge in [-0.25, -0.2) is 0 Å². The number of benzene rings is 1. The zero-order chi connectivity index (χ0) is 18.8. The van der Waals surface area contributed by atoms with Crippen molar-refractivity contribution in [1.82, 2.24) is 4.90 Å². The van der Waals surface area contributed by atoms with Gasteiger partial charge in [0.1, 0.15) is 18.0 Å². The molecule has 1 fully saturated rings. The maximum absolute atomic E-state index is 12.7. The number of fused-ring (bicyclic) bond motifs is 1. The third-order valence-electron chi connectivity index (χ3n) is 4.97. The molecule has 0 aliphatic heterocycles. The normalized spacial score (nSPS) is 19.1. The molecule has 26 heavy (non-hydrogen) atoms. The molecule has 3 rings (SSSR count). The molecule has 1 heterocycles. The third-order valence-corrected chi connectivity index (χ3v) is 5.28. The molecule has 5 nitrogen and oxygen atoms in total. The Hall–Kier alpha value is -1.85. The number of Topliss-reactive ketones (excluding diaryl/α,β-unsaturated/α-hetero) is 1. The van der Waals surface area contributed by atoms with E-state index >= 15 is 0 Å². The number of hydrogen-bond donors (Lipinski definition) is 0. The fourth-order valence-electron chi connectivity index (χ4n) is 3.25. The van der Waals surface area contributed by atoms with Crippen molar-refractivity contribution in [3.8, 4) is 0 Å². The first-order chi connectivity index (χ1) is 12.4. The first-order valence-corrected chi connectivity index (χ1v) is 9.45. The summed E-state index contributed by atoms with van der Waals surface area (Å²) in [6.07, 6.45) is 0.537. The summed E-state index contributed by atoms with van der Waals surface area (Å²) >= 11 is 6.26. The third kappa shape index (κ3) is 3.94. The van der Waals surface area contributed by atoms with E-state index in [1.54, 1.807) is 12.1 Å². The molecule has 1 aromatic carbocycles. The topological polar surface area (TPSA) is 59.8 Å². The molecule has 0 amide bonds. The Labute approximate surface area is 158 Å². The van der Waals surface area contributed by atoms with Crippen molar-refractivity contribution in [3.63, 3.8) is 0 Å². The van der Waals surface area contributed by atoms with Gasteiger partial charge in [-0.3, -0.25) is 9.59 Å². The molecule has 1 aliphatic rings. The molecule has 0 bridgehead atoms. The highest BCUT2D eigenvalue weighted by atomic mass is 35.5. The standard InChI is InChI=1S/C20H24ClNO4/c1-4-22(5-2)6-7-25-20(24)15-11-14(15)19(23)13-9-17(21)16-8-12(3)26-18(16)10-13/h8-10,14-15H,4-7,11H2,1-3H3. The highest BCUT2D eigenvalue weighted by Gasteiger charge is 2.49. The lowest BCUT2D eigenvalue weighted by atomic mass is 10.0. The molecule has 0 spiro atoms. The van der Waals surface area contributed by atoms with Crippen LogP contribution in [0.5, 0.6) is 0 Å². The van der Waals surface area contributed by atoms with Crippen LogP contribution >= 0.6 is 11.6 Å². The summed E-state index contributed by atoms with van der Waals surface area (Å²) in [5.41, 5.74) is 1.08. The molecule has 0 N–H and O–H groups in total. The highest BCUT2D eigenvalue weighted by molar-refractivity contribution is 6.35. The van der Waals surface area contributed by atoms with Crippen molar-refractivity contribution in [1.29, 1.82) is 0 Å². The van der Waals surface area contributed by atoms with Crippen LogP contribution in [-0.4, -0.2) is 42.9 Å². The maximum atomic E-state index is 12.7. The zero-order valence-electron chi connectivity index (χ0n) is 15.4. The van der Waals surface area contributed by atoms with Gasteiger partial charge < -0.3 is 14.1 Å². The predicted octanol–water partition coefficient (Wildman–Crippen LogP) is 4.10. The number of ether oxygens (including phenoxy) is 1. The lowest BCUT2D eigenvalue weighted by Crippen LogP contribution is -2.28. The predicted molar refractivity (Wildman–Crippen MR) is 101 cm³/mol. The fraction of sp³-hybridized carbons (Fsp3) is 0.500. The van der Waals surface area contributed by atoms with E-state index in [9.17, 15) is 9.59 Å². The van der Waals surface area contributed by atoms with Crippen LogP contribution in [-0.2, 0) is 9.53 Å². The van der Waals surface area contributed by atoms with Gasteiger partial charge in [0, 0.05) is 23.4 Å². The van der Waals surface area contributed by atoms with Crippen LogP contribution < -0.4 is 0 Å². The Morgan fingerprint density at radius 1 is 1.23 bits per heavy atom. The monoisotopic (exact) mass is 377 g/mol. The van der Waals surface area contributed by atoms with Crippen LogP contribution in [0.4, 0.5) is 0 Å².